The van der Waals surface area contributed by atoms with Gasteiger partial charge in [-0.3, -0.25) is 4.79 Å². The van der Waals surface area contributed by atoms with Crippen LogP contribution in [-0.2, 0) is 21.3 Å². The third-order valence-electron chi connectivity index (χ3n) is 2.49. The Morgan fingerprint density at radius 2 is 2.05 bits per heavy atom. The van der Waals surface area contributed by atoms with Crippen LogP contribution >= 0.6 is 27.3 Å². The van der Waals surface area contributed by atoms with E-state index in [2.05, 4.69) is 20.7 Å². The van der Waals surface area contributed by atoms with E-state index in [0.29, 0.717) is 0 Å². The van der Waals surface area contributed by atoms with Crippen LogP contribution in [-0.4, -0.2) is 20.0 Å². The highest BCUT2D eigenvalue weighted by Gasteiger charge is 2.35. The molecule has 0 aromatic carbocycles. The summed E-state index contributed by atoms with van der Waals surface area (Å²) in [4.78, 5) is 11.9. The zero-order chi connectivity index (χ0) is 14.8. The second kappa shape index (κ2) is 6.03. The van der Waals surface area contributed by atoms with Crippen LogP contribution in [0.1, 0.15) is 39.0 Å². The minimum atomic E-state index is -1.34. The number of carboxylic acids is 1. The van der Waals surface area contributed by atoms with Crippen molar-refractivity contribution in [3.63, 3.8) is 0 Å². The quantitative estimate of drug-likeness (QED) is 0.839. The van der Waals surface area contributed by atoms with Crippen molar-refractivity contribution in [3.05, 3.63) is 20.8 Å². The number of aliphatic carboxylic acids is 1. The molecule has 0 aliphatic heterocycles. The van der Waals surface area contributed by atoms with Gasteiger partial charge in [-0.2, -0.15) is 0 Å². The van der Waals surface area contributed by atoms with Crippen molar-refractivity contribution in [1.29, 1.82) is 0 Å². The Morgan fingerprint density at radius 1 is 1.47 bits per heavy atom. The molecule has 19 heavy (non-hydrogen) atoms. The van der Waals surface area contributed by atoms with Crippen molar-refractivity contribution >= 4 is 44.2 Å². The van der Waals surface area contributed by atoms with Gasteiger partial charge in [0.2, 0.25) is 0 Å². The molecule has 1 aromatic rings. The van der Waals surface area contributed by atoms with E-state index >= 15 is 0 Å². The molecule has 0 fully saturated rings. The summed E-state index contributed by atoms with van der Waals surface area (Å²) in [5.74, 6) is -0.926. The molecular formula is C12H18BrNO3S2. The first kappa shape index (κ1) is 16.8. The predicted octanol–water partition coefficient (Wildman–Crippen LogP) is 3.25. The molecule has 2 atom stereocenters. The number of nitrogens with one attached hydrogen (secondary N) is 1. The van der Waals surface area contributed by atoms with Crippen LogP contribution < -0.4 is 4.72 Å². The number of rotatable bonds is 5. The molecule has 0 saturated carbocycles. The molecule has 4 nitrogen and oxygen atoms in total. The largest absolute Gasteiger partial charge is 0.481 e. The minimum Gasteiger partial charge on any atom is -0.481 e. The predicted molar refractivity (Wildman–Crippen MR) is 82.7 cm³/mol. The maximum atomic E-state index is 12.2. The first-order valence-electron chi connectivity index (χ1n) is 5.70. The first-order chi connectivity index (χ1) is 8.54. The SMILES string of the molecule is CC(CC(=O)O)(NS(=O)C(C)(C)C)c1cc(Br)cs1. The van der Waals surface area contributed by atoms with E-state index in [1.807, 2.05) is 32.2 Å². The molecule has 1 heterocycles. The molecular weight excluding hydrogens is 350 g/mol. The van der Waals surface area contributed by atoms with Gasteiger partial charge in [0.05, 0.1) is 27.7 Å². The molecule has 0 radical (unpaired) electrons. The van der Waals surface area contributed by atoms with Crippen LogP contribution in [0.4, 0.5) is 0 Å². The van der Waals surface area contributed by atoms with E-state index in [1.54, 1.807) is 6.92 Å². The number of thiophene rings is 1. The van der Waals surface area contributed by atoms with E-state index in [9.17, 15) is 9.00 Å². The highest BCUT2D eigenvalue weighted by Crippen LogP contribution is 2.33. The minimum absolute atomic E-state index is 0.123. The molecule has 2 unspecified atom stereocenters. The van der Waals surface area contributed by atoms with E-state index in [0.717, 1.165) is 9.35 Å². The zero-order valence-corrected chi connectivity index (χ0v) is 14.5. The third-order valence-corrected chi connectivity index (χ3v) is 6.19. The second-order valence-corrected chi connectivity index (χ2v) is 9.31. The molecule has 0 bridgehead atoms. The van der Waals surface area contributed by atoms with Gasteiger partial charge in [-0.05, 0) is 49.7 Å². The number of hydrogen-bond acceptors (Lipinski definition) is 3. The fourth-order valence-electron chi connectivity index (χ4n) is 1.44. The van der Waals surface area contributed by atoms with Crippen molar-refractivity contribution in [2.75, 3.05) is 0 Å². The zero-order valence-electron chi connectivity index (χ0n) is 11.3. The fraction of sp³-hybridized carbons (Fsp3) is 0.583. The number of hydrogen-bond donors (Lipinski definition) is 2. The standard InChI is InChI=1S/C12H18BrNO3S2/c1-11(2,3)19(17)14-12(4,6-10(15)16)9-5-8(13)7-18-9/h5,7,14H,6H2,1-4H3,(H,15,16). The monoisotopic (exact) mass is 367 g/mol. The van der Waals surface area contributed by atoms with Gasteiger partial charge in [0.15, 0.2) is 0 Å². The molecule has 0 saturated heterocycles. The van der Waals surface area contributed by atoms with Gasteiger partial charge in [-0.25, -0.2) is 8.93 Å². The fourth-order valence-corrected chi connectivity index (χ4v) is 3.94. The summed E-state index contributed by atoms with van der Waals surface area (Å²) < 4.78 is 15.7. The average Bonchev–Trinajstić information content (AvgIpc) is 2.62. The van der Waals surface area contributed by atoms with Crippen LogP contribution in [0.5, 0.6) is 0 Å². The number of carbonyl (C=O) groups is 1. The smallest absolute Gasteiger partial charge is 0.305 e. The highest BCUT2D eigenvalue weighted by molar-refractivity contribution is 9.10. The Hall–Kier alpha value is -0.240. The maximum Gasteiger partial charge on any atom is 0.305 e. The van der Waals surface area contributed by atoms with Crippen molar-refractivity contribution in [1.82, 2.24) is 4.72 Å². The summed E-state index contributed by atoms with van der Waals surface area (Å²) in [6.45, 7) is 7.31. The van der Waals surface area contributed by atoms with Gasteiger partial charge >= 0.3 is 5.97 Å². The van der Waals surface area contributed by atoms with Crippen molar-refractivity contribution in [3.8, 4) is 0 Å². The number of halogens is 1. The Balaban J connectivity index is 3.07. The van der Waals surface area contributed by atoms with E-state index in [-0.39, 0.29) is 6.42 Å². The van der Waals surface area contributed by atoms with Crippen LogP contribution in [0.15, 0.2) is 15.9 Å². The first-order valence-corrected chi connectivity index (χ1v) is 8.53. The molecule has 0 amide bonds. The molecule has 7 heteroatoms. The molecule has 0 aliphatic carbocycles. The van der Waals surface area contributed by atoms with Gasteiger partial charge in [0, 0.05) is 14.7 Å². The summed E-state index contributed by atoms with van der Waals surface area (Å²) in [5, 5.41) is 11.0. The van der Waals surface area contributed by atoms with E-state index in [4.69, 9.17) is 5.11 Å². The number of carboxylic acid groups (broad SMARTS) is 1. The third kappa shape index (κ3) is 4.66. The molecule has 1 rings (SSSR count). The summed E-state index contributed by atoms with van der Waals surface area (Å²) in [5.41, 5.74) is -0.847. The molecule has 1 aromatic heterocycles. The lowest BCUT2D eigenvalue weighted by molar-refractivity contribution is -0.138. The van der Waals surface area contributed by atoms with E-state index in [1.165, 1.54) is 11.3 Å². The Kier molecular flexibility index (Phi) is 5.34. The Morgan fingerprint density at radius 3 is 2.42 bits per heavy atom. The van der Waals surface area contributed by atoms with Gasteiger partial charge in [-0.1, -0.05) is 0 Å². The van der Waals surface area contributed by atoms with E-state index < -0.39 is 27.2 Å². The van der Waals surface area contributed by atoms with Gasteiger partial charge in [0.1, 0.15) is 0 Å². The molecule has 0 aliphatic rings. The van der Waals surface area contributed by atoms with Crippen LogP contribution in [0, 0.1) is 0 Å². The normalized spacial score (nSPS) is 16.9. The van der Waals surface area contributed by atoms with Crippen LogP contribution in [0.3, 0.4) is 0 Å². The average molecular weight is 368 g/mol. The van der Waals surface area contributed by atoms with Gasteiger partial charge < -0.3 is 5.11 Å². The highest BCUT2D eigenvalue weighted by atomic mass is 79.9. The summed E-state index contributed by atoms with van der Waals surface area (Å²) in [6.07, 6.45) is -0.123. The Labute approximate surface area is 128 Å². The topological polar surface area (TPSA) is 66.4 Å². The molecule has 2 N–H and O–H groups in total. The lowest BCUT2D eigenvalue weighted by atomic mass is 9.97. The molecule has 0 spiro atoms. The lowest BCUT2D eigenvalue weighted by Crippen LogP contribution is -2.46. The molecule has 108 valence electrons. The Bertz CT molecular complexity index is 495. The van der Waals surface area contributed by atoms with Gasteiger partial charge in [-0.15, -0.1) is 11.3 Å². The maximum absolute atomic E-state index is 12.2. The summed E-state index contributed by atoms with van der Waals surface area (Å²) >= 11 is 4.80. The summed E-state index contributed by atoms with van der Waals surface area (Å²) in [6, 6.07) is 1.86. The lowest BCUT2D eigenvalue weighted by Gasteiger charge is -2.31. The second-order valence-electron chi connectivity index (χ2n) is 5.51. The van der Waals surface area contributed by atoms with Crippen LogP contribution in [0.25, 0.3) is 0 Å². The van der Waals surface area contributed by atoms with Crippen molar-refractivity contribution in [2.45, 2.75) is 44.4 Å². The van der Waals surface area contributed by atoms with Crippen molar-refractivity contribution < 1.29 is 14.1 Å². The summed E-state index contributed by atoms with van der Waals surface area (Å²) in [7, 11) is -1.34. The van der Waals surface area contributed by atoms with Crippen molar-refractivity contribution in [2.24, 2.45) is 0 Å². The van der Waals surface area contributed by atoms with Crippen LogP contribution in [0.2, 0.25) is 0 Å². The van der Waals surface area contributed by atoms with Gasteiger partial charge in [0.25, 0.3) is 0 Å².